The van der Waals surface area contributed by atoms with Crippen LogP contribution in [0.25, 0.3) is 10.9 Å². The van der Waals surface area contributed by atoms with Crippen molar-refractivity contribution in [3.8, 4) is 0 Å². The van der Waals surface area contributed by atoms with E-state index >= 15 is 0 Å². The second-order valence-electron chi connectivity index (χ2n) is 4.48. The summed E-state index contributed by atoms with van der Waals surface area (Å²) in [4.78, 5) is 16.7. The van der Waals surface area contributed by atoms with Crippen LogP contribution >= 0.6 is 15.9 Å². The lowest BCUT2D eigenvalue weighted by molar-refractivity contribution is 0.0897. The standard InChI is InChI=1S/C15H17BrN2O2/c1-20-10-12(7-8-16)18-15(19)13-6-2-4-11-5-3-9-17-14(11)13/h2-6,9,12H,7-8,10H2,1H3,(H,18,19). The third-order valence-electron chi connectivity index (χ3n) is 3.04. The van der Waals surface area contributed by atoms with Crippen LogP contribution in [0.4, 0.5) is 0 Å². The molecule has 0 bridgehead atoms. The number of ether oxygens (including phenoxy) is 1. The summed E-state index contributed by atoms with van der Waals surface area (Å²) in [6.45, 7) is 0.496. The number of hydrogen-bond acceptors (Lipinski definition) is 3. The van der Waals surface area contributed by atoms with Gasteiger partial charge in [0.1, 0.15) is 0 Å². The van der Waals surface area contributed by atoms with E-state index in [1.165, 1.54) is 0 Å². The number of amides is 1. The Bertz CT molecular complexity index is 578. The van der Waals surface area contributed by atoms with E-state index in [0.717, 1.165) is 22.7 Å². The Balaban J connectivity index is 2.22. The molecular formula is C15H17BrN2O2. The molecule has 1 aromatic heterocycles. The fourth-order valence-electron chi connectivity index (χ4n) is 2.08. The van der Waals surface area contributed by atoms with Gasteiger partial charge in [-0.05, 0) is 18.6 Å². The molecule has 1 unspecified atom stereocenters. The van der Waals surface area contributed by atoms with Crippen LogP contribution in [0.2, 0.25) is 0 Å². The molecule has 2 rings (SSSR count). The van der Waals surface area contributed by atoms with Crippen molar-refractivity contribution in [3.63, 3.8) is 0 Å². The number of alkyl halides is 1. The Labute approximate surface area is 126 Å². The average molecular weight is 337 g/mol. The number of benzene rings is 1. The molecule has 0 saturated heterocycles. The lowest BCUT2D eigenvalue weighted by Crippen LogP contribution is -2.38. The number of para-hydroxylation sites is 1. The van der Waals surface area contributed by atoms with Crippen molar-refractivity contribution in [1.82, 2.24) is 10.3 Å². The summed E-state index contributed by atoms with van der Waals surface area (Å²) in [5.41, 5.74) is 1.32. The van der Waals surface area contributed by atoms with Crippen molar-refractivity contribution in [3.05, 3.63) is 42.1 Å². The van der Waals surface area contributed by atoms with Gasteiger partial charge < -0.3 is 10.1 Å². The zero-order valence-corrected chi connectivity index (χ0v) is 12.9. The summed E-state index contributed by atoms with van der Waals surface area (Å²) in [6.07, 6.45) is 2.52. The van der Waals surface area contributed by atoms with Crippen LogP contribution in [0.3, 0.4) is 0 Å². The van der Waals surface area contributed by atoms with Gasteiger partial charge in [0.25, 0.3) is 5.91 Å². The third-order valence-corrected chi connectivity index (χ3v) is 3.50. The minimum atomic E-state index is -0.114. The number of pyridine rings is 1. The van der Waals surface area contributed by atoms with E-state index in [9.17, 15) is 4.79 Å². The van der Waals surface area contributed by atoms with Gasteiger partial charge in [0.05, 0.1) is 23.7 Å². The Morgan fingerprint density at radius 1 is 1.40 bits per heavy atom. The summed E-state index contributed by atoms with van der Waals surface area (Å²) >= 11 is 3.39. The van der Waals surface area contributed by atoms with Crippen molar-refractivity contribution >= 4 is 32.7 Å². The number of aromatic nitrogens is 1. The molecule has 0 aliphatic heterocycles. The molecule has 0 aliphatic carbocycles. The summed E-state index contributed by atoms with van der Waals surface area (Å²) < 4.78 is 5.13. The number of halogens is 1. The van der Waals surface area contributed by atoms with Crippen molar-refractivity contribution < 1.29 is 9.53 Å². The maximum Gasteiger partial charge on any atom is 0.253 e. The van der Waals surface area contributed by atoms with Crippen molar-refractivity contribution in [2.24, 2.45) is 0 Å². The molecule has 0 radical (unpaired) electrons. The van der Waals surface area contributed by atoms with Crippen LogP contribution in [0.15, 0.2) is 36.5 Å². The van der Waals surface area contributed by atoms with Crippen molar-refractivity contribution in [1.29, 1.82) is 0 Å². The molecule has 1 N–H and O–H groups in total. The van der Waals surface area contributed by atoms with E-state index in [1.807, 2.05) is 24.3 Å². The molecule has 20 heavy (non-hydrogen) atoms. The normalized spacial score (nSPS) is 12.3. The molecule has 0 fully saturated rings. The number of nitrogens with one attached hydrogen (secondary N) is 1. The molecule has 0 saturated carbocycles. The van der Waals surface area contributed by atoms with Gasteiger partial charge in [-0.3, -0.25) is 9.78 Å². The zero-order valence-electron chi connectivity index (χ0n) is 11.3. The lowest BCUT2D eigenvalue weighted by Gasteiger charge is -2.17. The van der Waals surface area contributed by atoms with Crippen LogP contribution in [0.1, 0.15) is 16.8 Å². The second-order valence-corrected chi connectivity index (χ2v) is 5.28. The largest absolute Gasteiger partial charge is 0.383 e. The molecule has 1 atom stereocenters. The van der Waals surface area contributed by atoms with Gasteiger partial charge in [-0.15, -0.1) is 0 Å². The van der Waals surface area contributed by atoms with E-state index in [2.05, 4.69) is 26.2 Å². The van der Waals surface area contributed by atoms with E-state index in [-0.39, 0.29) is 11.9 Å². The van der Waals surface area contributed by atoms with Crippen LogP contribution < -0.4 is 5.32 Å². The maximum absolute atomic E-state index is 12.4. The summed E-state index contributed by atoms with van der Waals surface area (Å²) in [7, 11) is 1.63. The molecule has 0 spiro atoms. The van der Waals surface area contributed by atoms with E-state index in [4.69, 9.17) is 4.74 Å². The Morgan fingerprint density at radius 2 is 2.20 bits per heavy atom. The Kier molecular flexibility index (Phi) is 5.49. The first kappa shape index (κ1) is 14.9. The van der Waals surface area contributed by atoms with E-state index in [0.29, 0.717) is 12.2 Å². The maximum atomic E-state index is 12.4. The zero-order chi connectivity index (χ0) is 14.4. The van der Waals surface area contributed by atoms with E-state index in [1.54, 1.807) is 19.4 Å². The van der Waals surface area contributed by atoms with Gasteiger partial charge in [-0.1, -0.05) is 34.1 Å². The minimum Gasteiger partial charge on any atom is -0.383 e. The predicted molar refractivity (Wildman–Crippen MR) is 83.3 cm³/mol. The summed E-state index contributed by atoms with van der Waals surface area (Å²) in [6, 6.07) is 9.42. The molecule has 106 valence electrons. The van der Waals surface area contributed by atoms with Gasteiger partial charge in [-0.25, -0.2) is 0 Å². The molecule has 1 amide bonds. The Hall–Kier alpha value is -1.46. The highest BCUT2D eigenvalue weighted by Crippen LogP contribution is 2.16. The number of carbonyl (C=O) groups is 1. The summed E-state index contributed by atoms with van der Waals surface area (Å²) in [5, 5.41) is 4.77. The first-order valence-electron chi connectivity index (χ1n) is 6.45. The highest BCUT2D eigenvalue weighted by molar-refractivity contribution is 9.09. The fourth-order valence-corrected chi connectivity index (χ4v) is 2.63. The Morgan fingerprint density at radius 3 is 2.95 bits per heavy atom. The minimum absolute atomic E-state index is 0.00848. The highest BCUT2D eigenvalue weighted by Gasteiger charge is 2.15. The highest BCUT2D eigenvalue weighted by atomic mass is 79.9. The average Bonchev–Trinajstić information content (AvgIpc) is 2.47. The van der Waals surface area contributed by atoms with Crippen LogP contribution in [-0.2, 0) is 4.74 Å². The predicted octanol–water partition coefficient (Wildman–Crippen LogP) is 2.76. The number of fused-ring (bicyclic) bond motifs is 1. The number of carbonyl (C=O) groups excluding carboxylic acids is 1. The third kappa shape index (κ3) is 3.55. The van der Waals surface area contributed by atoms with Gasteiger partial charge in [0.15, 0.2) is 0 Å². The molecule has 2 aromatic rings. The number of rotatable bonds is 6. The quantitative estimate of drug-likeness (QED) is 0.825. The van der Waals surface area contributed by atoms with Crippen molar-refractivity contribution in [2.45, 2.75) is 12.5 Å². The molecule has 5 heteroatoms. The first-order chi connectivity index (χ1) is 9.76. The topological polar surface area (TPSA) is 51.2 Å². The fraction of sp³-hybridized carbons (Fsp3) is 0.333. The van der Waals surface area contributed by atoms with Crippen LogP contribution in [-0.4, -0.2) is 36.0 Å². The van der Waals surface area contributed by atoms with Crippen molar-refractivity contribution in [2.75, 3.05) is 19.0 Å². The molecule has 1 heterocycles. The number of nitrogens with zero attached hydrogens (tertiary/aromatic N) is 1. The van der Waals surface area contributed by atoms with E-state index < -0.39 is 0 Å². The summed E-state index contributed by atoms with van der Waals surface area (Å²) in [5.74, 6) is -0.114. The van der Waals surface area contributed by atoms with Gasteiger partial charge in [-0.2, -0.15) is 0 Å². The molecule has 1 aromatic carbocycles. The molecular weight excluding hydrogens is 320 g/mol. The number of hydrogen-bond donors (Lipinski definition) is 1. The van der Waals surface area contributed by atoms with Gasteiger partial charge in [0, 0.05) is 24.0 Å². The lowest BCUT2D eigenvalue weighted by atomic mass is 10.1. The second kappa shape index (κ2) is 7.36. The SMILES string of the molecule is COCC(CCBr)NC(=O)c1cccc2cccnc12. The first-order valence-corrected chi connectivity index (χ1v) is 7.58. The van der Waals surface area contributed by atoms with Crippen LogP contribution in [0, 0.1) is 0 Å². The van der Waals surface area contributed by atoms with Gasteiger partial charge in [0.2, 0.25) is 0 Å². The molecule has 0 aliphatic rings. The number of methoxy groups -OCH3 is 1. The van der Waals surface area contributed by atoms with Crippen LogP contribution in [0.5, 0.6) is 0 Å². The van der Waals surface area contributed by atoms with Gasteiger partial charge >= 0.3 is 0 Å². The monoisotopic (exact) mass is 336 g/mol. The smallest absolute Gasteiger partial charge is 0.253 e. The molecule has 4 nitrogen and oxygen atoms in total.